The van der Waals surface area contributed by atoms with Gasteiger partial charge in [0.2, 0.25) is 0 Å². The van der Waals surface area contributed by atoms with E-state index in [1.165, 1.54) is 13.2 Å². The zero-order valence-electron chi connectivity index (χ0n) is 19.8. The lowest BCUT2D eigenvalue weighted by atomic mass is 10.1. The van der Waals surface area contributed by atoms with Crippen LogP contribution in [0.2, 0.25) is 5.02 Å². The molecule has 0 aliphatic heterocycles. The van der Waals surface area contributed by atoms with Crippen molar-refractivity contribution in [3.05, 3.63) is 85.5 Å². The minimum atomic E-state index is -0.558. The van der Waals surface area contributed by atoms with E-state index in [1.807, 2.05) is 38.1 Å². The molecule has 36 heavy (non-hydrogen) atoms. The smallest absolute Gasteiger partial charge is 0.266 e. The van der Waals surface area contributed by atoms with Crippen molar-refractivity contribution in [1.82, 2.24) is 0 Å². The Kier molecular flexibility index (Phi) is 9.33. The second-order valence-electron chi connectivity index (χ2n) is 7.82. The van der Waals surface area contributed by atoms with Crippen molar-refractivity contribution in [3.63, 3.8) is 0 Å². The first-order valence-electron chi connectivity index (χ1n) is 10.8. The Labute approximate surface area is 228 Å². The predicted octanol–water partition coefficient (Wildman–Crippen LogP) is 6.13. The molecule has 0 saturated carbocycles. The molecule has 0 aliphatic rings. The molecule has 0 fully saturated rings. The topological polar surface area (TPSA) is 100 Å². The molecule has 2 N–H and O–H groups in total. The van der Waals surface area contributed by atoms with Crippen LogP contribution < -0.4 is 20.1 Å². The molecular formula is C27H23ClIN3O4. The molecule has 0 bridgehead atoms. The van der Waals surface area contributed by atoms with E-state index in [0.717, 1.165) is 16.8 Å². The van der Waals surface area contributed by atoms with Gasteiger partial charge in [-0.2, -0.15) is 5.26 Å². The van der Waals surface area contributed by atoms with E-state index in [-0.39, 0.29) is 18.1 Å². The van der Waals surface area contributed by atoms with Gasteiger partial charge in [-0.3, -0.25) is 9.59 Å². The number of nitrogens with one attached hydrogen (secondary N) is 2. The van der Waals surface area contributed by atoms with Crippen molar-refractivity contribution >= 4 is 63.5 Å². The van der Waals surface area contributed by atoms with Gasteiger partial charge in [-0.1, -0.05) is 29.3 Å². The molecule has 184 valence electrons. The van der Waals surface area contributed by atoms with Crippen LogP contribution in [0.4, 0.5) is 11.4 Å². The summed E-state index contributed by atoms with van der Waals surface area (Å²) in [5.74, 6) is -0.121. The highest BCUT2D eigenvalue weighted by Gasteiger charge is 2.16. The van der Waals surface area contributed by atoms with Crippen molar-refractivity contribution in [2.24, 2.45) is 0 Å². The first kappa shape index (κ1) is 27.0. The molecule has 0 saturated heterocycles. The maximum Gasteiger partial charge on any atom is 0.266 e. The third-order valence-electron chi connectivity index (χ3n) is 5.03. The van der Waals surface area contributed by atoms with E-state index < -0.39 is 5.91 Å². The number of rotatable bonds is 8. The molecule has 9 heteroatoms. The number of carbonyl (C=O) groups is 2. The van der Waals surface area contributed by atoms with Crippen LogP contribution >= 0.6 is 34.2 Å². The van der Waals surface area contributed by atoms with Gasteiger partial charge in [-0.05, 0) is 96.1 Å². The number of carbonyl (C=O) groups excluding carboxylic acids is 2. The number of aryl methyl sites for hydroxylation is 2. The van der Waals surface area contributed by atoms with Crippen LogP contribution in [0.5, 0.6) is 11.5 Å². The third-order valence-corrected chi connectivity index (χ3v) is 6.09. The largest absolute Gasteiger partial charge is 0.493 e. The number of methoxy groups -OCH3 is 1. The highest BCUT2D eigenvalue weighted by Crippen LogP contribution is 2.34. The molecule has 0 radical (unpaired) electrons. The lowest BCUT2D eigenvalue weighted by molar-refractivity contribution is -0.118. The van der Waals surface area contributed by atoms with Gasteiger partial charge in [-0.15, -0.1) is 0 Å². The minimum Gasteiger partial charge on any atom is -0.493 e. The van der Waals surface area contributed by atoms with Gasteiger partial charge in [0.05, 0.1) is 10.7 Å². The van der Waals surface area contributed by atoms with Crippen LogP contribution in [-0.2, 0) is 9.59 Å². The fourth-order valence-electron chi connectivity index (χ4n) is 3.29. The SMILES string of the molecule is COc1cc(/C=C(/C#N)C(=O)Nc2ccc(Cl)cc2)cc(I)c1OCC(=O)Nc1ccc(C)cc1C. The Morgan fingerprint density at radius 2 is 1.81 bits per heavy atom. The lowest BCUT2D eigenvalue weighted by Crippen LogP contribution is -2.21. The Morgan fingerprint density at radius 1 is 1.08 bits per heavy atom. The predicted molar refractivity (Wildman–Crippen MR) is 149 cm³/mol. The Morgan fingerprint density at radius 3 is 2.44 bits per heavy atom. The Hall–Kier alpha value is -3.55. The van der Waals surface area contributed by atoms with Gasteiger partial charge in [0.1, 0.15) is 11.6 Å². The molecule has 0 unspecified atom stereocenters. The molecule has 0 aliphatic carbocycles. The minimum absolute atomic E-state index is 0.0932. The average Bonchev–Trinajstić information content (AvgIpc) is 2.84. The maximum absolute atomic E-state index is 12.6. The summed E-state index contributed by atoms with van der Waals surface area (Å²) >= 11 is 7.92. The number of nitrogens with zero attached hydrogens (tertiary/aromatic N) is 1. The van der Waals surface area contributed by atoms with Crippen molar-refractivity contribution in [3.8, 4) is 17.6 Å². The standard InChI is InChI=1S/C27H23ClIN3O4/c1-16-4-9-23(17(2)10-16)32-25(33)15-36-26-22(29)12-18(13-24(26)35-3)11-19(14-30)27(34)31-21-7-5-20(28)6-8-21/h4-13H,15H2,1-3H3,(H,31,34)(H,32,33)/b19-11-. The van der Waals surface area contributed by atoms with Crippen LogP contribution in [0.1, 0.15) is 16.7 Å². The van der Waals surface area contributed by atoms with E-state index in [2.05, 4.69) is 33.2 Å². The fourth-order valence-corrected chi connectivity index (χ4v) is 4.20. The Bertz CT molecular complexity index is 1360. The van der Waals surface area contributed by atoms with Gasteiger partial charge in [0.15, 0.2) is 18.1 Å². The number of benzene rings is 3. The van der Waals surface area contributed by atoms with Crippen LogP contribution in [-0.4, -0.2) is 25.5 Å². The molecular weight excluding hydrogens is 593 g/mol. The zero-order chi connectivity index (χ0) is 26.2. The summed E-state index contributed by atoms with van der Waals surface area (Å²) in [6.07, 6.45) is 1.45. The van der Waals surface area contributed by atoms with Gasteiger partial charge in [-0.25, -0.2) is 0 Å². The van der Waals surface area contributed by atoms with Crippen molar-refractivity contribution in [2.45, 2.75) is 13.8 Å². The number of hydrogen-bond acceptors (Lipinski definition) is 5. The number of halogens is 2. The monoisotopic (exact) mass is 615 g/mol. The van der Waals surface area contributed by atoms with E-state index in [0.29, 0.717) is 31.3 Å². The highest BCUT2D eigenvalue weighted by molar-refractivity contribution is 14.1. The second-order valence-corrected chi connectivity index (χ2v) is 9.42. The van der Waals surface area contributed by atoms with Gasteiger partial charge >= 0.3 is 0 Å². The van der Waals surface area contributed by atoms with Gasteiger partial charge in [0, 0.05) is 16.4 Å². The first-order chi connectivity index (χ1) is 17.2. The number of nitriles is 1. The van der Waals surface area contributed by atoms with E-state index in [9.17, 15) is 14.9 Å². The molecule has 7 nitrogen and oxygen atoms in total. The second kappa shape index (κ2) is 12.4. The number of hydrogen-bond donors (Lipinski definition) is 2. The summed E-state index contributed by atoms with van der Waals surface area (Å²) in [4.78, 5) is 25.0. The number of amides is 2. The maximum atomic E-state index is 12.6. The van der Waals surface area contributed by atoms with E-state index in [1.54, 1.807) is 36.4 Å². The average molecular weight is 616 g/mol. The van der Waals surface area contributed by atoms with E-state index >= 15 is 0 Å². The quantitative estimate of drug-likeness (QED) is 0.180. The molecule has 0 aromatic heterocycles. The molecule has 3 aromatic rings. The van der Waals surface area contributed by atoms with Crippen LogP contribution in [0.15, 0.2) is 60.2 Å². The van der Waals surface area contributed by atoms with Crippen LogP contribution in [0, 0.1) is 28.7 Å². The molecule has 3 aromatic carbocycles. The summed E-state index contributed by atoms with van der Waals surface area (Å²) in [5, 5.41) is 15.6. The lowest BCUT2D eigenvalue weighted by Gasteiger charge is -2.14. The summed E-state index contributed by atoms with van der Waals surface area (Å²) in [6.45, 7) is 3.69. The van der Waals surface area contributed by atoms with Gasteiger partial charge < -0.3 is 20.1 Å². The Balaban J connectivity index is 1.73. The highest BCUT2D eigenvalue weighted by atomic mass is 127. The number of ether oxygens (including phenoxy) is 2. The molecule has 0 atom stereocenters. The van der Waals surface area contributed by atoms with Crippen molar-refractivity contribution in [2.75, 3.05) is 24.4 Å². The molecule has 3 rings (SSSR count). The van der Waals surface area contributed by atoms with Gasteiger partial charge in [0.25, 0.3) is 11.8 Å². The molecule has 0 spiro atoms. The van der Waals surface area contributed by atoms with Crippen LogP contribution in [0.3, 0.4) is 0 Å². The summed E-state index contributed by atoms with van der Waals surface area (Å²) in [7, 11) is 1.47. The first-order valence-corrected chi connectivity index (χ1v) is 12.2. The summed E-state index contributed by atoms with van der Waals surface area (Å²) < 4.78 is 11.9. The summed E-state index contributed by atoms with van der Waals surface area (Å²) in [6, 6.07) is 17.6. The molecule has 0 heterocycles. The molecule has 2 amide bonds. The van der Waals surface area contributed by atoms with E-state index in [4.69, 9.17) is 21.1 Å². The zero-order valence-corrected chi connectivity index (χ0v) is 22.7. The number of anilines is 2. The van der Waals surface area contributed by atoms with Crippen molar-refractivity contribution < 1.29 is 19.1 Å². The third kappa shape index (κ3) is 7.23. The summed E-state index contributed by atoms with van der Waals surface area (Å²) in [5.41, 5.74) is 3.77. The normalized spacial score (nSPS) is 10.8. The van der Waals surface area contributed by atoms with Crippen molar-refractivity contribution in [1.29, 1.82) is 5.26 Å². The fraction of sp³-hybridized carbons (Fsp3) is 0.148. The van der Waals surface area contributed by atoms with Crippen LogP contribution in [0.25, 0.3) is 6.08 Å².